The largest absolute Gasteiger partial charge is 0.351 e. The molecule has 4 heteroatoms. The molecule has 0 bridgehead atoms. The predicted octanol–water partition coefficient (Wildman–Crippen LogP) is 3.35. The standard InChI is InChI=1S/C13H15ClN2O/c1-13(2,3)16-12(17)11-7-8-6-9(14)4-5-10(8)15-11/h4-7,15H,1-3H3,(H,16,17). The lowest BCUT2D eigenvalue weighted by molar-refractivity contribution is 0.0915. The van der Waals surface area contributed by atoms with Crippen molar-refractivity contribution in [1.29, 1.82) is 0 Å². The van der Waals surface area contributed by atoms with Gasteiger partial charge in [0, 0.05) is 21.5 Å². The van der Waals surface area contributed by atoms with Gasteiger partial charge in [0.05, 0.1) is 0 Å². The molecule has 0 fully saturated rings. The summed E-state index contributed by atoms with van der Waals surface area (Å²) in [6.07, 6.45) is 0. The fourth-order valence-corrected chi connectivity index (χ4v) is 1.81. The fourth-order valence-electron chi connectivity index (χ4n) is 1.63. The molecule has 0 atom stereocenters. The van der Waals surface area contributed by atoms with Crippen molar-refractivity contribution in [3.8, 4) is 0 Å². The molecule has 0 unspecified atom stereocenters. The van der Waals surface area contributed by atoms with Gasteiger partial charge >= 0.3 is 0 Å². The van der Waals surface area contributed by atoms with E-state index in [0.29, 0.717) is 10.7 Å². The number of aromatic amines is 1. The maximum Gasteiger partial charge on any atom is 0.268 e. The number of nitrogens with one attached hydrogen (secondary N) is 2. The second-order valence-corrected chi connectivity index (χ2v) is 5.56. The molecule has 0 aliphatic heterocycles. The average molecular weight is 251 g/mol. The zero-order valence-corrected chi connectivity index (χ0v) is 10.9. The van der Waals surface area contributed by atoms with Crippen molar-refractivity contribution in [3.05, 3.63) is 35.0 Å². The van der Waals surface area contributed by atoms with Gasteiger partial charge in [-0.15, -0.1) is 0 Å². The molecule has 0 aliphatic rings. The Morgan fingerprint density at radius 1 is 1.29 bits per heavy atom. The molecule has 0 aliphatic carbocycles. The highest BCUT2D eigenvalue weighted by Crippen LogP contribution is 2.20. The second kappa shape index (κ2) is 4.08. The van der Waals surface area contributed by atoms with Crippen LogP contribution >= 0.6 is 11.6 Å². The zero-order valence-electron chi connectivity index (χ0n) is 10.1. The van der Waals surface area contributed by atoms with E-state index in [4.69, 9.17) is 11.6 Å². The van der Waals surface area contributed by atoms with E-state index in [-0.39, 0.29) is 11.4 Å². The second-order valence-electron chi connectivity index (χ2n) is 5.12. The number of fused-ring (bicyclic) bond motifs is 1. The summed E-state index contributed by atoms with van der Waals surface area (Å²) in [6, 6.07) is 7.31. The lowest BCUT2D eigenvalue weighted by Crippen LogP contribution is -2.40. The van der Waals surface area contributed by atoms with E-state index in [1.54, 1.807) is 6.07 Å². The minimum atomic E-state index is -0.244. The van der Waals surface area contributed by atoms with Gasteiger partial charge in [0.2, 0.25) is 0 Å². The van der Waals surface area contributed by atoms with Gasteiger partial charge in [-0.25, -0.2) is 0 Å². The van der Waals surface area contributed by atoms with Crippen LogP contribution in [0.5, 0.6) is 0 Å². The van der Waals surface area contributed by atoms with Crippen LogP contribution < -0.4 is 5.32 Å². The number of amides is 1. The SMILES string of the molecule is CC(C)(C)NC(=O)c1cc2cc(Cl)ccc2[nH]1. The minimum absolute atomic E-state index is 0.107. The first-order valence-corrected chi connectivity index (χ1v) is 5.84. The van der Waals surface area contributed by atoms with Crippen molar-refractivity contribution in [2.45, 2.75) is 26.3 Å². The summed E-state index contributed by atoms with van der Waals surface area (Å²) in [4.78, 5) is 15.0. The molecule has 1 heterocycles. The third-order valence-electron chi connectivity index (χ3n) is 2.32. The van der Waals surface area contributed by atoms with Crippen molar-refractivity contribution in [2.75, 3.05) is 0 Å². The molecule has 1 aromatic carbocycles. The highest BCUT2D eigenvalue weighted by atomic mass is 35.5. The van der Waals surface area contributed by atoms with Crippen LogP contribution in [-0.2, 0) is 0 Å². The summed E-state index contributed by atoms with van der Waals surface area (Å²) in [5, 5.41) is 4.52. The zero-order chi connectivity index (χ0) is 12.6. The number of carbonyl (C=O) groups is 1. The number of benzene rings is 1. The highest BCUT2D eigenvalue weighted by molar-refractivity contribution is 6.31. The third-order valence-corrected chi connectivity index (χ3v) is 2.55. The van der Waals surface area contributed by atoms with E-state index in [9.17, 15) is 4.79 Å². The van der Waals surface area contributed by atoms with Gasteiger partial charge < -0.3 is 10.3 Å². The van der Waals surface area contributed by atoms with E-state index in [0.717, 1.165) is 10.9 Å². The van der Waals surface area contributed by atoms with Gasteiger partial charge in [0.15, 0.2) is 0 Å². The highest BCUT2D eigenvalue weighted by Gasteiger charge is 2.16. The average Bonchev–Trinajstić information content (AvgIpc) is 2.57. The topological polar surface area (TPSA) is 44.9 Å². The number of halogens is 1. The van der Waals surface area contributed by atoms with Gasteiger partial charge in [-0.1, -0.05) is 11.6 Å². The van der Waals surface area contributed by atoms with Crippen molar-refractivity contribution < 1.29 is 4.79 Å². The summed E-state index contributed by atoms with van der Waals surface area (Å²) in [6.45, 7) is 5.85. The molecule has 1 amide bonds. The lowest BCUT2D eigenvalue weighted by Gasteiger charge is -2.19. The molecular weight excluding hydrogens is 236 g/mol. The van der Waals surface area contributed by atoms with Crippen LogP contribution in [0, 0.1) is 0 Å². The molecule has 0 radical (unpaired) electrons. The minimum Gasteiger partial charge on any atom is -0.351 e. The van der Waals surface area contributed by atoms with Gasteiger partial charge in [0.25, 0.3) is 5.91 Å². The molecular formula is C13H15ClN2O. The number of aromatic nitrogens is 1. The predicted molar refractivity (Wildman–Crippen MR) is 70.5 cm³/mol. The molecule has 90 valence electrons. The quantitative estimate of drug-likeness (QED) is 0.801. The third kappa shape index (κ3) is 2.80. The first-order chi connectivity index (χ1) is 7.85. The van der Waals surface area contributed by atoms with Crippen molar-refractivity contribution in [2.24, 2.45) is 0 Å². The summed E-state index contributed by atoms with van der Waals surface area (Å²) >= 11 is 5.90. The molecule has 2 aromatic rings. The van der Waals surface area contributed by atoms with Crippen LogP contribution in [0.1, 0.15) is 31.3 Å². The maximum atomic E-state index is 11.9. The van der Waals surface area contributed by atoms with Crippen LogP contribution in [0.25, 0.3) is 10.9 Å². The Labute approximate surface area is 105 Å². The van der Waals surface area contributed by atoms with Crippen LogP contribution in [0.15, 0.2) is 24.3 Å². The van der Waals surface area contributed by atoms with Crippen LogP contribution in [0.2, 0.25) is 5.02 Å². The van der Waals surface area contributed by atoms with E-state index >= 15 is 0 Å². The summed E-state index contributed by atoms with van der Waals surface area (Å²) in [5.41, 5.74) is 1.22. The van der Waals surface area contributed by atoms with Crippen LogP contribution in [0.4, 0.5) is 0 Å². The van der Waals surface area contributed by atoms with Gasteiger partial charge in [-0.05, 0) is 45.0 Å². The summed E-state index contributed by atoms with van der Waals surface area (Å²) in [7, 11) is 0. The van der Waals surface area contributed by atoms with Gasteiger partial charge in [-0.3, -0.25) is 4.79 Å². The van der Waals surface area contributed by atoms with E-state index < -0.39 is 0 Å². The summed E-state index contributed by atoms with van der Waals surface area (Å²) < 4.78 is 0. The first-order valence-electron chi connectivity index (χ1n) is 5.46. The molecule has 17 heavy (non-hydrogen) atoms. The van der Waals surface area contributed by atoms with E-state index in [2.05, 4.69) is 10.3 Å². The number of carbonyl (C=O) groups excluding carboxylic acids is 1. The Hall–Kier alpha value is -1.48. The van der Waals surface area contributed by atoms with Gasteiger partial charge in [0.1, 0.15) is 5.69 Å². The normalized spacial score (nSPS) is 11.8. The molecule has 1 aromatic heterocycles. The Kier molecular flexibility index (Phi) is 2.87. The molecule has 2 N–H and O–H groups in total. The smallest absolute Gasteiger partial charge is 0.268 e. The maximum absolute atomic E-state index is 11.9. The van der Waals surface area contributed by atoms with Crippen LogP contribution in [-0.4, -0.2) is 16.4 Å². The number of rotatable bonds is 1. The van der Waals surface area contributed by atoms with E-state index in [1.165, 1.54) is 0 Å². The Morgan fingerprint density at radius 2 is 2.00 bits per heavy atom. The Morgan fingerprint density at radius 3 is 2.65 bits per heavy atom. The Bertz CT molecular complexity index is 566. The van der Waals surface area contributed by atoms with Crippen molar-refractivity contribution in [3.63, 3.8) is 0 Å². The first kappa shape index (κ1) is 12.0. The monoisotopic (exact) mass is 250 g/mol. The molecule has 0 saturated carbocycles. The molecule has 0 spiro atoms. The molecule has 0 saturated heterocycles. The molecule has 3 nitrogen and oxygen atoms in total. The van der Waals surface area contributed by atoms with E-state index in [1.807, 2.05) is 39.0 Å². The fraction of sp³-hybridized carbons (Fsp3) is 0.308. The van der Waals surface area contributed by atoms with Gasteiger partial charge in [-0.2, -0.15) is 0 Å². The number of H-pyrrole nitrogens is 1. The number of hydrogen-bond acceptors (Lipinski definition) is 1. The van der Waals surface area contributed by atoms with Crippen molar-refractivity contribution >= 4 is 28.4 Å². The Balaban J connectivity index is 2.33. The lowest BCUT2D eigenvalue weighted by atomic mass is 10.1. The number of hydrogen-bond donors (Lipinski definition) is 2. The van der Waals surface area contributed by atoms with Crippen molar-refractivity contribution in [1.82, 2.24) is 10.3 Å². The molecule has 2 rings (SSSR count). The van der Waals surface area contributed by atoms with Crippen LogP contribution in [0.3, 0.4) is 0 Å². The summed E-state index contributed by atoms with van der Waals surface area (Å²) in [5.74, 6) is -0.107.